The fourth-order valence-electron chi connectivity index (χ4n) is 1.48. The van der Waals surface area contributed by atoms with Gasteiger partial charge in [-0.1, -0.05) is 20.3 Å². The van der Waals surface area contributed by atoms with Crippen LogP contribution in [0.25, 0.3) is 0 Å². The van der Waals surface area contributed by atoms with Crippen LogP contribution in [0.1, 0.15) is 36.3 Å². The van der Waals surface area contributed by atoms with E-state index in [2.05, 4.69) is 15.5 Å². The maximum atomic E-state index is 11.8. The number of carbonyl (C=O) groups is 2. The number of carboxylic acid groups (broad SMARTS) is 1. The summed E-state index contributed by atoms with van der Waals surface area (Å²) in [6.07, 6.45) is 2.07. The number of aromatic amines is 1. The molecule has 6 nitrogen and oxygen atoms in total. The molecule has 0 bridgehead atoms. The van der Waals surface area contributed by atoms with Crippen LogP contribution in [-0.2, 0) is 4.79 Å². The molecule has 0 fully saturated rings. The third kappa shape index (κ3) is 3.05. The van der Waals surface area contributed by atoms with E-state index in [1.807, 2.05) is 6.92 Å². The molecule has 3 N–H and O–H groups in total. The van der Waals surface area contributed by atoms with Crippen LogP contribution < -0.4 is 5.32 Å². The van der Waals surface area contributed by atoms with Gasteiger partial charge in [0.05, 0.1) is 11.8 Å². The number of nitrogens with one attached hydrogen (secondary N) is 2. The summed E-state index contributed by atoms with van der Waals surface area (Å²) in [5.41, 5.74) is 0.996. The molecule has 0 spiro atoms. The Morgan fingerprint density at radius 2 is 2.24 bits per heavy atom. The summed E-state index contributed by atoms with van der Waals surface area (Å²) in [5, 5.41) is 17.9. The Balaban J connectivity index is 2.78. The van der Waals surface area contributed by atoms with Crippen molar-refractivity contribution in [3.8, 4) is 0 Å². The number of hydrogen-bond donors (Lipinski definition) is 3. The fourth-order valence-corrected chi connectivity index (χ4v) is 1.48. The number of nitrogens with zero attached hydrogens (tertiary/aromatic N) is 1. The number of aliphatic carboxylic acids is 1. The van der Waals surface area contributed by atoms with Gasteiger partial charge >= 0.3 is 5.97 Å². The molecule has 1 aromatic rings. The quantitative estimate of drug-likeness (QED) is 0.712. The van der Waals surface area contributed by atoms with Gasteiger partial charge in [-0.2, -0.15) is 5.10 Å². The first kappa shape index (κ1) is 13.2. The Hall–Kier alpha value is -1.85. The third-order valence-electron chi connectivity index (χ3n) is 2.84. The van der Waals surface area contributed by atoms with E-state index in [1.165, 1.54) is 6.20 Å². The van der Waals surface area contributed by atoms with E-state index in [0.717, 1.165) is 0 Å². The molecule has 0 unspecified atom stereocenters. The highest BCUT2D eigenvalue weighted by molar-refractivity contribution is 5.97. The van der Waals surface area contributed by atoms with Crippen molar-refractivity contribution in [2.24, 2.45) is 5.92 Å². The summed E-state index contributed by atoms with van der Waals surface area (Å²) >= 11 is 0. The van der Waals surface area contributed by atoms with Crippen molar-refractivity contribution >= 4 is 11.9 Å². The Kier molecular flexibility index (Phi) is 4.25. The van der Waals surface area contributed by atoms with Crippen LogP contribution in [0, 0.1) is 12.8 Å². The molecular formula is C11H17N3O3. The Labute approximate surface area is 99.4 Å². The minimum absolute atomic E-state index is 0.122. The largest absolute Gasteiger partial charge is 0.480 e. The van der Waals surface area contributed by atoms with E-state index in [-0.39, 0.29) is 5.92 Å². The fraction of sp³-hybridized carbons (Fsp3) is 0.545. The molecule has 0 aliphatic carbocycles. The maximum absolute atomic E-state index is 11.8. The highest BCUT2D eigenvalue weighted by Crippen LogP contribution is 2.10. The van der Waals surface area contributed by atoms with E-state index in [9.17, 15) is 9.59 Å². The molecule has 2 atom stereocenters. The van der Waals surface area contributed by atoms with Crippen LogP contribution in [0.5, 0.6) is 0 Å². The average Bonchev–Trinajstić information content (AvgIpc) is 2.70. The van der Waals surface area contributed by atoms with Crippen molar-refractivity contribution in [1.29, 1.82) is 0 Å². The number of aryl methyl sites for hydroxylation is 1. The molecular weight excluding hydrogens is 222 g/mol. The first-order valence-electron chi connectivity index (χ1n) is 5.51. The maximum Gasteiger partial charge on any atom is 0.326 e. The molecule has 17 heavy (non-hydrogen) atoms. The molecule has 1 aromatic heterocycles. The molecule has 1 amide bonds. The van der Waals surface area contributed by atoms with Gasteiger partial charge in [0.25, 0.3) is 5.91 Å². The smallest absolute Gasteiger partial charge is 0.326 e. The van der Waals surface area contributed by atoms with Gasteiger partial charge in [-0.3, -0.25) is 9.89 Å². The Bertz CT molecular complexity index is 414. The van der Waals surface area contributed by atoms with Gasteiger partial charge in [-0.05, 0) is 12.8 Å². The van der Waals surface area contributed by atoms with Gasteiger partial charge in [0.1, 0.15) is 6.04 Å². The highest BCUT2D eigenvalue weighted by atomic mass is 16.4. The van der Waals surface area contributed by atoms with Crippen LogP contribution in [0.15, 0.2) is 6.20 Å². The average molecular weight is 239 g/mol. The molecule has 0 aliphatic rings. The van der Waals surface area contributed by atoms with Crippen LogP contribution in [-0.4, -0.2) is 33.2 Å². The molecule has 0 saturated heterocycles. The lowest BCUT2D eigenvalue weighted by Gasteiger charge is -2.19. The van der Waals surface area contributed by atoms with Gasteiger partial charge < -0.3 is 10.4 Å². The minimum atomic E-state index is -1.02. The van der Waals surface area contributed by atoms with Crippen molar-refractivity contribution < 1.29 is 14.7 Å². The molecule has 1 rings (SSSR count). The molecule has 0 saturated carbocycles. The van der Waals surface area contributed by atoms with E-state index in [1.54, 1.807) is 13.8 Å². The van der Waals surface area contributed by atoms with Crippen LogP contribution in [0.4, 0.5) is 0 Å². The second kappa shape index (κ2) is 5.47. The summed E-state index contributed by atoms with van der Waals surface area (Å²) in [6.45, 7) is 5.39. The lowest BCUT2D eigenvalue weighted by molar-refractivity contribution is -0.140. The Morgan fingerprint density at radius 3 is 2.65 bits per heavy atom. The summed E-state index contributed by atoms with van der Waals surface area (Å²) in [7, 11) is 0. The number of carboxylic acids is 1. The van der Waals surface area contributed by atoms with E-state index in [4.69, 9.17) is 5.11 Å². The van der Waals surface area contributed by atoms with E-state index in [0.29, 0.717) is 17.7 Å². The van der Waals surface area contributed by atoms with Gasteiger partial charge in [0.15, 0.2) is 0 Å². The monoisotopic (exact) mass is 239 g/mol. The molecule has 94 valence electrons. The molecule has 0 aromatic carbocycles. The van der Waals surface area contributed by atoms with Crippen LogP contribution in [0.3, 0.4) is 0 Å². The zero-order valence-corrected chi connectivity index (χ0v) is 10.2. The number of hydrogen-bond acceptors (Lipinski definition) is 3. The summed E-state index contributed by atoms with van der Waals surface area (Å²) in [6, 6.07) is -0.873. The normalized spacial score (nSPS) is 14.1. The summed E-state index contributed by atoms with van der Waals surface area (Å²) in [4.78, 5) is 22.9. The molecule has 0 aliphatic heterocycles. The zero-order chi connectivity index (χ0) is 13.0. The lowest BCUT2D eigenvalue weighted by Crippen LogP contribution is -2.45. The number of carbonyl (C=O) groups excluding carboxylic acids is 1. The van der Waals surface area contributed by atoms with Crippen molar-refractivity contribution in [3.05, 3.63) is 17.5 Å². The van der Waals surface area contributed by atoms with Crippen molar-refractivity contribution in [2.75, 3.05) is 0 Å². The topological polar surface area (TPSA) is 95.1 Å². The molecule has 6 heteroatoms. The highest BCUT2D eigenvalue weighted by Gasteiger charge is 2.26. The Morgan fingerprint density at radius 1 is 1.59 bits per heavy atom. The second-order valence-corrected chi connectivity index (χ2v) is 4.08. The van der Waals surface area contributed by atoms with E-state index >= 15 is 0 Å². The first-order chi connectivity index (χ1) is 7.97. The van der Waals surface area contributed by atoms with Gasteiger partial charge in [0.2, 0.25) is 0 Å². The summed E-state index contributed by atoms with van der Waals surface area (Å²) < 4.78 is 0. The summed E-state index contributed by atoms with van der Waals surface area (Å²) in [5.74, 6) is -1.55. The minimum Gasteiger partial charge on any atom is -0.480 e. The van der Waals surface area contributed by atoms with Crippen LogP contribution in [0.2, 0.25) is 0 Å². The second-order valence-electron chi connectivity index (χ2n) is 4.08. The number of H-pyrrole nitrogens is 1. The lowest BCUT2D eigenvalue weighted by atomic mass is 9.99. The number of amides is 1. The number of rotatable bonds is 5. The predicted molar refractivity (Wildman–Crippen MR) is 61.7 cm³/mol. The van der Waals surface area contributed by atoms with Crippen molar-refractivity contribution in [2.45, 2.75) is 33.2 Å². The SMILES string of the molecule is CC[C@H](C)[C@H](NC(=O)c1cn[nH]c1C)C(=O)O. The van der Waals surface area contributed by atoms with Crippen molar-refractivity contribution in [1.82, 2.24) is 15.5 Å². The first-order valence-corrected chi connectivity index (χ1v) is 5.51. The van der Waals surface area contributed by atoms with Crippen LogP contribution >= 0.6 is 0 Å². The van der Waals surface area contributed by atoms with Gasteiger partial charge in [-0.25, -0.2) is 4.79 Å². The third-order valence-corrected chi connectivity index (χ3v) is 2.84. The van der Waals surface area contributed by atoms with E-state index < -0.39 is 17.9 Å². The van der Waals surface area contributed by atoms with Gasteiger partial charge in [-0.15, -0.1) is 0 Å². The predicted octanol–water partition coefficient (Wildman–Crippen LogP) is 0.947. The molecule has 0 radical (unpaired) electrons. The van der Waals surface area contributed by atoms with Gasteiger partial charge in [0, 0.05) is 5.69 Å². The zero-order valence-electron chi connectivity index (χ0n) is 10.2. The standard InChI is InChI=1S/C11H17N3O3/c1-4-6(2)9(11(16)17)13-10(15)8-5-12-14-7(8)3/h5-6,9H,4H2,1-3H3,(H,12,14)(H,13,15)(H,16,17)/t6-,9-/m0/s1. The van der Waals surface area contributed by atoms with Crippen molar-refractivity contribution in [3.63, 3.8) is 0 Å². The number of aromatic nitrogens is 2. The molecule has 1 heterocycles.